The Morgan fingerprint density at radius 1 is 1.10 bits per heavy atom. The van der Waals surface area contributed by atoms with E-state index >= 15 is 0 Å². The zero-order chi connectivity index (χ0) is 14.7. The van der Waals surface area contributed by atoms with E-state index in [-0.39, 0.29) is 5.84 Å². The summed E-state index contributed by atoms with van der Waals surface area (Å²) in [6.45, 7) is 1.94. The summed E-state index contributed by atoms with van der Waals surface area (Å²) in [7, 11) is 0. The molecule has 0 spiro atoms. The van der Waals surface area contributed by atoms with Crippen molar-refractivity contribution in [2.24, 2.45) is 10.9 Å². The zero-order valence-corrected chi connectivity index (χ0v) is 11.8. The molecule has 21 heavy (non-hydrogen) atoms. The van der Waals surface area contributed by atoms with Gasteiger partial charge in [-0.05, 0) is 24.1 Å². The molecule has 1 atom stereocenters. The largest absolute Gasteiger partial charge is 0.409 e. The van der Waals surface area contributed by atoms with Crippen LogP contribution in [0.15, 0.2) is 59.8 Å². The van der Waals surface area contributed by atoms with Gasteiger partial charge in [-0.15, -0.1) is 0 Å². The molecular weight excluding hydrogens is 262 g/mol. The van der Waals surface area contributed by atoms with Gasteiger partial charge in [0, 0.05) is 30.3 Å². The van der Waals surface area contributed by atoms with E-state index in [1.54, 1.807) is 0 Å². The lowest BCUT2D eigenvalue weighted by atomic mass is 9.99. The highest BCUT2D eigenvalue weighted by Crippen LogP contribution is 2.32. The van der Waals surface area contributed by atoms with Gasteiger partial charge in [0.25, 0.3) is 0 Å². The molecule has 1 heterocycles. The average molecular weight is 281 g/mol. The molecule has 4 nitrogen and oxygen atoms in total. The van der Waals surface area contributed by atoms with Crippen molar-refractivity contribution in [1.29, 1.82) is 0 Å². The van der Waals surface area contributed by atoms with E-state index in [1.807, 2.05) is 30.3 Å². The Kier molecular flexibility index (Phi) is 3.77. The normalized spacial score (nSPS) is 19.0. The molecule has 0 saturated carbocycles. The second-order valence-corrected chi connectivity index (χ2v) is 5.34. The highest BCUT2D eigenvalue weighted by Gasteiger charge is 2.25. The third-order valence-corrected chi connectivity index (χ3v) is 4.09. The second kappa shape index (κ2) is 5.87. The van der Waals surface area contributed by atoms with Gasteiger partial charge < -0.3 is 15.8 Å². The molecule has 0 bridgehead atoms. The topological polar surface area (TPSA) is 61.9 Å². The number of para-hydroxylation sites is 1. The van der Waals surface area contributed by atoms with E-state index in [1.165, 1.54) is 5.56 Å². The Morgan fingerprint density at radius 2 is 1.81 bits per heavy atom. The third kappa shape index (κ3) is 2.70. The number of rotatable bonds is 3. The first-order chi connectivity index (χ1) is 10.3. The van der Waals surface area contributed by atoms with Crippen LogP contribution in [0.3, 0.4) is 0 Å². The number of oxime groups is 1. The SMILES string of the molecule is NC(=NO)c1ccccc1N1CCC(c2ccccc2)C1. The Hall–Kier alpha value is -2.49. The maximum absolute atomic E-state index is 8.93. The van der Waals surface area contributed by atoms with Gasteiger partial charge in [-0.25, -0.2) is 0 Å². The van der Waals surface area contributed by atoms with Crippen LogP contribution in [0.1, 0.15) is 23.5 Å². The Balaban J connectivity index is 1.84. The predicted molar refractivity (Wildman–Crippen MR) is 85.0 cm³/mol. The highest BCUT2D eigenvalue weighted by atomic mass is 16.4. The summed E-state index contributed by atoms with van der Waals surface area (Å²) >= 11 is 0. The van der Waals surface area contributed by atoms with Gasteiger partial charge in [0.1, 0.15) is 0 Å². The lowest BCUT2D eigenvalue weighted by Gasteiger charge is -2.21. The number of amidine groups is 1. The number of nitrogens with two attached hydrogens (primary N) is 1. The fraction of sp³-hybridized carbons (Fsp3) is 0.235. The first kappa shape index (κ1) is 13.5. The number of hydrogen-bond acceptors (Lipinski definition) is 3. The van der Waals surface area contributed by atoms with Crippen LogP contribution in [0.5, 0.6) is 0 Å². The molecule has 0 aromatic heterocycles. The fourth-order valence-corrected chi connectivity index (χ4v) is 3.00. The van der Waals surface area contributed by atoms with Crippen molar-refractivity contribution in [1.82, 2.24) is 0 Å². The van der Waals surface area contributed by atoms with Crippen LogP contribution in [0.2, 0.25) is 0 Å². The summed E-state index contributed by atoms with van der Waals surface area (Å²) in [5, 5.41) is 12.1. The molecule has 1 saturated heterocycles. The van der Waals surface area contributed by atoms with Crippen molar-refractivity contribution in [2.45, 2.75) is 12.3 Å². The van der Waals surface area contributed by atoms with Crippen molar-refractivity contribution in [2.75, 3.05) is 18.0 Å². The number of hydrogen-bond donors (Lipinski definition) is 2. The third-order valence-electron chi connectivity index (χ3n) is 4.09. The maximum Gasteiger partial charge on any atom is 0.172 e. The van der Waals surface area contributed by atoms with Gasteiger partial charge >= 0.3 is 0 Å². The predicted octanol–water partition coefficient (Wildman–Crippen LogP) is 2.78. The van der Waals surface area contributed by atoms with Crippen LogP contribution in [0.4, 0.5) is 5.69 Å². The monoisotopic (exact) mass is 281 g/mol. The summed E-state index contributed by atoms with van der Waals surface area (Å²) < 4.78 is 0. The van der Waals surface area contributed by atoms with E-state index in [9.17, 15) is 0 Å². The van der Waals surface area contributed by atoms with E-state index in [2.05, 4.69) is 34.3 Å². The lowest BCUT2D eigenvalue weighted by molar-refractivity contribution is 0.318. The van der Waals surface area contributed by atoms with Crippen molar-refractivity contribution < 1.29 is 5.21 Å². The van der Waals surface area contributed by atoms with Gasteiger partial charge in [-0.1, -0.05) is 47.6 Å². The summed E-state index contributed by atoms with van der Waals surface area (Å²) in [5.41, 5.74) is 8.98. The second-order valence-electron chi connectivity index (χ2n) is 5.34. The van der Waals surface area contributed by atoms with Crippen molar-refractivity contribution in [3.63, 3.8) is 0 Å². The smallest absolute Gasteiger partial charge is 0.172 e. The molecule has 2 aromatic carbocycles. The molecule has 1 fully saturated rings. The number of benzene rings is 2. The maximum atomic E-state index is 8.93. The van der Waals surface area contributed by atoms with Crippen molar-refractivity contribution in [3.05, 3.63) is 65.7 Å². The molecule has 1 unspecified atom stereocenters. The lowest BCUT2D eigenvalue weighted by Crippen LogP contribution is -2.24. The first-order valence-corrected chi connectivity index (χ1v) is 7.16. The van der Waals surface area contributed by atoms with Crippen LogP contribution in [0.25, 0.3) is 0 Å². The standard InChI is InChI=1S/C17H19N3O/c18-17(19-21)15-8-4-5-9-16(15)20-11-10-14(12-20)13-6-2-1-3-7-13/h1-9,14,21H,10-12H2,(H2,18,19). The molecule has 108 valence electrons. The van der Waals surface area contributed by atoms with Crippen molar-refractivity contribution >= 4 is 11.5 Å². The first-order valence-electron chi connectivity index (χ1n) is 7.16. The Labute approximate surface area is 124 Å². The van der Waals surface area contributed by atoms with Gasteiger partial charge in [-0.3, -0.25) is 0 Å². The molecule has 0 amide bonds. The van der Waals surface area contributed by atoms with Crippen LogP contribution >= 0.6 is 0 Å². The van der Waals surface area contributed by atoms with Gasteiger partial charge in [0.05, 0.1) is 0 Å². The minimum Gasteiger partial charge on any atom is -0.409 e. The molecule has 2 aromatic rings. The molecule has 0 aliphatic carbocycles. The minimum atomic E-state index is 0.161. The molecular formula is C17H19N3O. The van der Waals surface area contributed by atoms with Gasteiger partial charge in [-0.2, -0.15) is 0 Å². The number of nitrogens with zero attached hydrogens (tertiary/aromatic N) is 2. The number of anilines is 1. The highest BCUT2D eigenvalue weighted by molar-refractivity contribution is 6.02. The van der Waals surface area contributed by atoms with E-state index < -0.39 is 0 Å². The molecule has 3 N–H and O–H groups in total. The molecule has 1 aliphatic rings. The summed E-state index contributed by atoms with van der Waals surface area (Å²) in [4.78, 5) is 2.31. The van der Waals surface area contributed by atoms with Crippen LogP contribution in [-0.4, -0.2) is 24.1 Å². The van der Waals surface area contributed by atoms with Crippen LogP contribution in [0, 0.1) is 0 Å². The zero-order valence-electron chi connectivity index (χ0n) is 11.8. The molecule has 1 aliphatic heterocycles. The van der Waals surface area contributed by atoms with E-state index in [0.29, 0.717) is 5.92 Å². The molecule has 3 rings (SSSR count). The van der Waals surface area contributed by atoms with Crippen molar-refractivity contribution in [3.8, 4) is 0 Å². The van der Waals surface area contributed by atoms with E-state index in [4.69, 9.17) is 10.9 Å². The van der Waals surface area contributed by atoms with E-state index in [0.717, 1.165) is 30.8 Å². The van der Waals surface area contributed by atoms with Crippen LogP contribution in [-0.2, 0) is 0 Å². The van der Waals surface area contributed by atoms with Crippen LogP contribution < -0.4 is 10.6 Å². The molecule has 0 radical (unpaired) electrons. The Bertz CT molecular complexity index is 639. The average Bonchev–Trinajstić information content (AvgIpc) is 3.05. The Morgan fingerprint density at radius 3 is 2.57 bits per heavy atom. The summed E-state index contributed by atoms with van der Waals surface area (Å²) in [6.07, 6.45) is 1.12. The quantitative estimate of drug-likeness (QED) is 0.393. The minimum absolute atomic E-state index is 0.161. The summed E-state index contributed by atoms with van der Waals surface area (Å²) in [6, 6.07) is 18.4. The van der Waals surface area contributed by atoms with Gasteiger partial charge in [0.15, 0.2) is 5.84 Å². The van der Waals surface area contributed by atoms with Gasteiger partial charge in [0.2, 0.25) is 0 Å². The summed E-state index contributed by atoms with van der Waals surface area (Å²) in [5.74, 6) is 0.695. The fourth-order valence-electron chi connectivity index (χ4n) is 3.00. The molecule has 4 heteroatoms.